The Morgan fingerprint density at radius 3 is 1.60 bits per heavy atom. The first kappa shape index (κ1) is 30.5. The maximum atomic E-state index is 12.6. The van der Waals surface area contributed by atoms with Gasteiger partial charge >= 0.3 is 11.9 Å². The molecule has 2 amide bonds. The van der Waals surface area contributed by atoms with Crippen LogP contribution in [-0.2, 0) is 45.4 Å². The highest BCUT2D eigenvalue weighted by Crippen LogP contribution is 2.36. The minimum absolute atomic E-state index is 0.0546. The van der Waals surface area contributed by atoms with Crippen LogP contribution in [0.4, 0.5) is 5.69 Å². The van der Waals surface area contributed by atoms with Crippen LogP contribution >= 0.6 is 0 Å². The molecule has 2 aliphatic rings. The van der Waals surface area contributed by atoms with Crippen molar-refractivity contribution in [3.63, 3.8) is 0 Å². The summed E-state index contributed by atoms with van der Waals surface area (Å²) in [5, 5.41) is 18.2. The van der Waals surface area contributed by atoms with Crippen molar-refractivity contribution in [2.24, 2.45) is 11.8 Å². The van der Waals surface area contributed by atoms with Crippen molar-refractivity contribution in [3.05, 3.63) is 46.5 Å². The number of fused-ring (bicyclic) bond motifs is 2. The van der Waals surface area contributed by atoms with Gasteiger partial charge in [-0.1, -0.05) is 13.8 Å². The van der Waals surface area contributed by atoms with E-state index in [0.29, 0.717) is 68.7 Å². The Kier molecular flexibility index (Phi) is 9.44. The van der Waals surface area contributed by atoms with E-state index in [-0.39, 0.29) is 24.7 Å². The Labute approximate surface area is 243 Å². The predicted octanol–water partition coefficient (Wildman–Crippen LogP) is 3.03. The second-order valence-corrected chi connectivity index (χ2v) is 10.9. The molecule has 42 heavy (non-hydrogen) atoms. The Bertz CT molecular complexity index is 1380. The van der Waals surface area contributed by atoms with Gasteiger partial charge in [0.25, 0.3) is 0 Å². The minimum atomic E-state index is -0.999. The lowest BCUT2D eigenvalue weighted by molar-refractivity contribution is -0.145. The molecule has 0 aliphatic carbocycles. The molecular formula is C30H37N3O9. The highest BCUT2D eigenvalue weighted by molar-refractivity contribution is 5.83. The zero-order chi connectivity index (χ0) is 30.6. The molecule has 2 unspecified atom stereocenters. The molecule has 4 rings (SSSR count). The fourth-order valence-electron chi connectivity index (χ4n) is 4.98. The number of nitrogen functional groups attached to an aromatic ring is 1. The average Bonchev–Trinajstić information content (AvgIpc) is 3.55. The number of nitrogens with zero attached hydrogens (tertiary/aromatic N) is 2. The third-order valence-corrected chi connectivity index (χ3v) is 7.58. The minimum Gasteiger partial charge on any atom is -0.493 e. The number of anilines is 1. The fraction of sp³-hybridized carbons (Fsp3) is 0.467. The number of benzene rings is 2. The molecule has 0 bridgehead atoms. The maximum absolute atomic E-state index is 12.6. The van der Waals surface area contributed by atoms with Gasteiger partial charge in [0.2, 0.25) is 11.8 Å². The van der Waals surface area contributed by atoms with Crippen molar-refractivity contribution in [1.29, 1.82) is 0 Å². The summed E-state index contributed by atoms with van der Waals surface area (Å²) in [5.41, 5.74) is 10.3. The first-order chi connectivity index (χ1) is 20.0. The molecule has 0 spiro atoms. The summed E-state index contributed by atoms with van der Waals surface area (Å²) in [5.74, 6) is -2.31. The zero-order valence-corrected chi connectivity index (χ0v) is 24.1. The molecule has 2 aromatic carbocycles. The van der Waals surface area contributed by atoms with Crippen LogP contribution in [0.25, 0.3) is 0 Å². The number of carboxylic acid groups (broad SMARTS) is 2. The van der Waals surface area contributed by atoms with Crippen LogP contribution < -0.4 is 19.9 Å². The number of rotatable bonds is 13. The monoisotopic (exact) mass is 583 g/mol. The number of amides is 2. The summed E-state index contributed by atoms with van der Waals surface area (Å²) < 4.78 is 17.4. The summed E-state index contributed by atoms with van der Waals surface area (Å²) in [6.07, 6.45) is 0.437. The number of ether oxygens (including phenoxy) is 3. The smallest absolute Gasteiger partial charge is 0.306 e. The largest absolute Gasteiger partial charge is 0.493 e. The van der Waals surface area contributed by atoms with Gasteiger partial charge in [-0.15, -0.1) is 0 Å². The molecular weight excluding hydrogens is 546 g/mol. The molecule has 2 atom stereocenters. The van der Waals surface area contributed by atoms with Crippen LogP contribution in [0.2, 0.25) is 0 Å². The predicted molar refractivity (Wildman–Crippen MR) is 151 cm³/mol. The Morgan fingerprint density at radius 2 is 1.14 bits per heavy atom. The first-order valence-corrected chi connectivity index (χ1v) is 13.8. The van der Waals surface area contributed by atoms with Crippen molar-refractivity contribution >= 4 is 29.4 Å². The van der Waals surface area contributed by atoms with E-state index in [0.717, 1.165) is 22.3 Å². The lowest BCUT2D eigenvalue weighted by atomic mass is 10.1. The molecule has 4 N–H and O–H groups in total. The van der Waals surface area contributed by atoms with Crippen LogP contribution in [0.3, 0.4) is 0 Å². The number of carbonyl (C=O) groups is 4. The van der Waals surface area contributed by atoms with E-state index < -0.39 is 23.8 Å². The number of carbonyl (C=O) groups excluding carboxylic acids is 2. The van der Waals surface area contributed by atoms with Crippen molar-refractivity contribution in [2.45, 2.75) is 59.3 Å². The van der Waals surface area contributed by atoms with Gasteiger partial charge in [0.15, 0.2) is 11.5 Å². The van der Waals surface area contributed by atoms with Crippen molar-refractivity contribution < 1.29 is 43.6 Å². The summed E-state index contributed by atoms with van der Waals surface area (Å²) in [6, 6.07) is 7.32. The molecule has 0 saturated carbocycles. The molecule has 0 radical (unpaired) electrons. The highest BCUT2D eigenvalue weighted by atomic mass is 16.5. The average molecular weight is 584 g/mol. The van der Waals surface area contributed by atoms with Gasteiger partial charge in [0.1, 0.15) is 5.75 Å². The number of carboxylic acids is 2. The summed E-state index contributed by atoms with van der Waals surface area (Å²) >= 11 is 0. The van der Waals surface area contributed by atoms with Crippen molar-refractivity contribution in [1.82, 2.24) is 9.80 Å². The second kappa shape index (κ2) is 13.0. The molecule has 2 aliphatic heterocycles. The molecule has 0 saturated heterocycles. The molecule has 0 aromatic heterocycles. The van der Waals surface area contributed by atoms with Gasteiger partial charge in [-0.25, -0.2) is 0 Å². The van der Waals surface area contributed by atoms with E-state index in [9.17, 15) is 19.2 Å². The van der Waals surface area contributed by atoms with E-state index in [1.165, 1.54) is 13.8 Å². The van der Waals surface area contributed by atoms with Crippen LogP contribution in [0.1, 0.15) is 55.4 Å². The van der Waals surface area contributed by atoms with E-state index in [1.54, 1.807) is 23.0 Å². The lowest BCUT2D eigenvalue weighted by Gasteiger charge is -2.16. The molecule has 0 fully saturated rings. The SMILES string of the molecule is COc1cc2c(cc1OCCCOc1cc3c(cc1N)CN(C(=O)CC(C)C(=O)O)C3)CN(C(=O)CC(C)C(=O)O)C2. The Hall–Kier alpha value is -4.48. The second-order valence-electron chi connectivity index (χ2n) is 10.9. The molecule has 2 aromatic rings. The molecule has 12 nitrogen and oxygen atoms in total. The van der Waals surface area contributed by atoms with Crippen LogP contribution in [0.5, 0.6) is 17.2 Å². The first-order valence-electron chi connectivity index (χ1n) is 13.8. The normalized spacial score (nSPS) is 15.0. The van der Waals surface area contributed by atoms with Crippen LogP contribution in [0.15, 0.2) is 24.3 Å². The van der Waals surface area contributed by atoms with E-state index in [1.807, 2.05) is 18.2 Å². The molecule has 12 heteroatoms. The third-order valence-electron chi connectivity index (χ3n) is 7.58. The number of hydrogen-bond donors (Lipinski definition) is 3. The van der Waals surface area contributed by atoms with E-state index in [4.69, 9.17) is 30.2 Å². The van der Waals surface area contributed by atoms with Gasteiger partial charge in [0, 0.05) is 45.4 Å². The summed E-state index contributed by atoms with van der Waals surface area (Å²) in [4.78, 5) is 50.5. The molecule has 2 heterocycles. The van der Waals surface area contributed by atoms with Gasteiger partial charge in [-0.3, -0.25) is 19.2 Å². The number of hydrogen-bond acceptors (Lipinski definition) is 8. The number of methoxy groups -OCH3 is 1. The van der Waals surface area contributed by atoms with Gasteiger partial charge in [0.05, 0.1) is 37.8 Å². The van der Waals surface area contributed by atoms with Gasteiger partial charge in [-0.2, -0.15) is 0 Å². The van der Waals surface area contributed by atoms with Crippen molar-refractivity contribution in [3.8, 4) is 17.2 Å². The van der Waals surface area contributed by atoms with Crippen LogP contribution in [-0.4, -0.2) is 64.1 Å². The Morgan fingerprint density at radius 1 is 0.738 bits per heavy atom. The zero-order valence-electron chi connectivity index (χ0n) is 24.1. The molecule has 226 valence electrons. The summed E-state index contributed by atoms with van der Waals surface area (Å²) in [6.45, 7) is 5.23. The topological polar surface area (TPSA) is 169 Å². The fourth-order valence-corrected chi connectivity index (χ4v) is 4.98. The lowest BCUT2D eigenvalue weighted by Crippen LogP contribution is -2.28. The third kappa shape index (κ3) is 7.04. The van der Waals surface area contributed by atoms with E-state index >= 15 is 0 Å². The van der Waals surface area contributed by atoms with Gasteiger partial charge in [-0.05, 0) is 46.5 Å². The Balaban J connectivity index is 1.27. The number of nitrogens with two attached hydrogens (primary N) is 1. The maximum Gasteiger partial charge on any atom is 0.306 e. The summed E-state index contributed by atoms with van der Waals surface area (Å²) in [7, 11) is 1.54. The van der Waals surface area contributed by atoms with Gasteiger partial charge < -0.3 is 40.0 Å². The quantitative estimate of drug-likeness (QED) is 0.235. The standard InChI is InChI=1S/C30H37N3O9/c1-17(29(36)37)7-27(34)32-13-19-9-23(31)24(10-20(19)14-32)41-5-4-6-42-26-12-22-16-33(15-21(22)11-25(26)40-3)28(35)8-18(2)30(38)39/h9-12,17-18H,4-8,13-16,31H2,1-3H3,(H,36,37)(H,38,39). The van der Waals surface area contributed by atoms with Crippen molar-refractivity contribution in [2.75, 3.05) is 26.1 Å². The number of aliphatic carboxylic acids is 2. The van der Waals surface area contributed by atoms with Crippen LogP contribution in [0, 0.1) is 11.8 Å². The van der Waals surface area contributed by atoms with E-state index in [2.05, 4.69) is 0 Å². The highest BCUT2D eigenvalue weighted by Gasteiger charge is 2.29.